The van der Waals surface area contributed by atoms with Gasteiger partial charge < -0.3 is 16.2 Å². The molecule has 0 bridgehead atoms. The Morgan fingerprint density at radius 3 is 2.24 bits per heavy atom. The molecule has 0 aromatic heterocycles. The van der Waals surface area contributed by atoms with E-state index in [-0.39, 0.29) is 0 Å². The molecule has 0 saturated heterocycles. The van der Waals surface area contributed by atoms with Crippen LogP contribution in [0.1, 0.15) is 0 Å². The van der Waals surface area contributed by atoms with Gasteiger partial charge in [0.25, 0.3) is 0 Å². The Morgan fingerprint density at radius 2 is 1.48 bits per heavy atom. The van der Waals surface area contributed by atoms with Crippen LogP contribution in [0.25, 0.3) is 11.1 Å². The van der Waals surface area contributed by atoms with Crippen molar-refractivity contribution in [3.63, 3.8) is 0 Å². The highest BCUT2D eigenvalue weighted by atomic mass is 16.5. The summed E-state index contributed by atoms with van der Waals surface area (Å²) in [6.45, 7) is 0. The molecule has 0 spiro atoms. The molecule has 104 valence electrons. The van der Waals surface area contributed by atoms with E-state index in [1.165, 1.54) is 0 Å². The van der Waals surface area contributed by atoms with Crippen molar-refractivity contribution >= 4 is 11.4 Å². The van der Waals surface area contributed by atoms with Gasteiger partial charge >= 0.3 is 0 Å². The number of hydrogen-bond donors (Lipinski definition) is 2. The molecule has 0 aliphatic carbocycles. The number of benzene rings is 3. The maximum absolute atomic E-state index is 6.00. The van der Waals surface area contributed by atoms with Crippen LogP contribution in [-0.2, 0) is 0 Å². The zero-order chi connectivity index (χ0) is 14.7. The Morgan fingerprint density at radius 1 is 0.667 bits per heavy atom. The van der Waals surface area contributed by atoms with Crippen LogP contribution < -0.4 is 16.2 Å². The second kappa shape index (κ2) is 5.59. The SMILES string of the molecule is Nc1cccc(Oc2cc(-c3ccccc3)ccc2N)c1. The molecule has 3 heteroatoms. The molecule has 0 saturated carbocycles. The summed E-state index contributed by atoms with van der Waals surface area (Å²) in [4.78, 5) is 0. The molecule has 3 aromatic carbocycles. The van der Waals surface area contributed by atoms with Crippen molar-refractivity contribution in [2.45, 2.75) is 0 Å². The third kappa shape index (κ3) is 2.98. The Kier molecular flexibility index (Phi) is 3.48. The number of nitrogen functional groups attached to an aromatic ring is 2. The van der Waals surface area contributed by atoms with Crippen LogP contribution in [0.3, 0.4) is 0 Å². The van der Waals surface area contributed by atoms with Crippen molar-refractivity contribution in [2.24, 2.45) is 0 Å². The third-order valence-corrected chi connectivity index (χ3v) is 3.21. The maximum Gasteiger partial charge on any atom is 0.150 e. The van der Waals surface area contributed by atoms with Gasteiger partial charge in [-0.25, -0.2) is 0 Å². The summed E-state index contributed by atoms with van der Waals surface area (Å²) in [5, 5.41) is 0. The van der Waals surface area contributed by atoms with E-state index >= 15 is 0 Å². The lowest BCUT2D eigenvalue weighted by Crippen LogP contribution is -1.93. The Hall–Kier alpha value is -2.94. The van der Waals surface area contributed by atoms with Crippen molar-refractivity contribution in [1.82, 2.24) is 0 Å². The lowest BCUT2D eigenvalue weighted by Gasteiger charge is -2.11. The molecule has 0 amide bonds. The van der Waals surface area contributed by atoms with Gasteiger partial charge in [-0.2, -0.15) is 0 Å². The summed E-state index contributed by atoms with van der Waals surface area (Å²) in [7, 11) is 0. The van der Waals surface area contributed by atoms with Gasteiger partial charge in [-0.15, -0.1) is 0 Å². The summed E-state index contributed by atoms with van der Waals surface area (Å²) in [6, 6.07) is 23.2. The number of nitrogens with two attached hydrogens (primary N) is 2. The Labute approximate surface area is 123 Å². The van der Waals surface area contributed by atoms with Gasteiger partial charge in [0.15, 0.2) is 5.75 Å². The van der Waals surface area contributed by atoms with Gasteiger partial charge in [-0.3, -0.25) is 0 Å². The lowest BCUT2D eigenvalue weighted by atomic mass is 10.1. The van der Waals surface area contributed by atoms with E-state index in [0.717, 1.165) is 11.1 Å². The lowest BCUT2D eigenvalue weighted by molar-refractivity contribution is 0.485. The third-order valence-electron chi connectivity index (χ3n) is 3.21. The van der Waals surface area contributed by atoms with Gasteiger partial charge in [0.1, 0.15) is 5.75 Å². The summed E-state index contributed by atoms with van der Waals surface area (Å²) in [5.41, 5.74) is 15.2. The van der Waals surface area contributed by atoms with Crippen LogP contribution in [0.5, 0.6) is 11.5 Å². The first-order valence-electron chi connectivity index (χ1n) is 6.71. The molecule has 3 nitrogen and oxygen atoms in total. The number of ether oxygens (including phenoxy) is 1. The van der Waals surface area contributed by atoms with Crippen molar-refractivity contribution < 1.29 is 4.74 Å². The molecule has 0 aliphatic heterocycles. The maximum atomic E-state index is 6.00. The van der Waals surface area contributed by atoms with Crippen molar-refractivity contribution in [3.05, 3.63) is 72.8 Å². The van der Waals surface area contributed by atoms with E-state index in [0.29, 0.717) is 22.9 Å². The van der Waals surface area contributed by atoms with Crippen LogP contribution in [0, 0.1) is 0 Å². The summed E-state index contributed by atoms with van der Waals surface area (Å²) in [6.07, 6.45) is 0. The normalized spacial score (nSPS) is 10.3. The van der Waals surface area contributed by atoms with E-state index in [9.17, 15) is 0 Å². The molecule has 0 atom stereocenters. The minimum absolute atomic E-state index is 0.595. The van der Waals surface area contributed by atoms with Crippen LogP contribution in [-0.4, -0.2) is 0 Å². The second-order valence-electron chi connectivity index (χ2n) is 4.79. The molecular weight excluding hydrogens is 260 g/mol. The smallest absolute Gasteiger partial charge is 0.150 e. The Bertz CT molecular complexity index is 754. The molecule has 0 aliphatic rings. The molecule has 0 fully saturated rings. The molecule has 0 radical (unpaired) electrons. The molecule has 4 N–H and O–H groups in total. The highest BCUT2D eigenvalue weighted by Crippen LogP contribution is 2.32. The van der Waals surface area contributed by atoms with Gasteiger partial charge in [-0.1, -0.05) is 42.5 Å². The average molecular weight is 276 g/mol. The van der Waals surface area contributed by atoms with E-state index in [2.05, 4.69) is 12.1 Å². The summed E-state index contributed by atoms with van der Waals surface area (Å²) < 4.78 is 5.85. The van der Waals surface area contributed by atoms with Gasteiger partial charge in [0.05, 0.1) is 5.69 Å². The predicted molar refractivity (Wildman–Crippen MR) is 87.2 cm³/mol. The Balaban J connectivity index is 1.95. The molecule has 0 unspecified atom stereocenters. The largest absolute Gasteiger partial charge is 0.455 e. The fraction of sp³-hybridized carbons (Fsp3) is 0. The molecule has 0 heterocycles. The van der Waals surface area contributed by atoms with E-state index in [1.54, 1.807) is 6.07 Å². The molecular formula is C18H16N2O. The van der Waals surface area contributed by atoms with Crippen LogP contribution in [0.2, 0.25) is 0 Å². The predicted octanol–water partition coefficient (Wildman–Crippen LogP) is 4.31. The van der Waals surface area contributed by atoms with Crippen molar-refractivity contribution in [1.29, 1.82) is 0 Å². The first-order valence-corrected chi connectivity index (χ1v) is 6.71. The summed E-state index contributed by atoms with van der Waals surface area (Å²) >= 11 is 0. The van der Waals surface area contributed by atoms with Crippen LogP contribution in [0.4, 0.5) is 11.4 Å². The van der Waals surface area contributed by atoms with Crippen LogP contribution >= 0.6 is 0 Å². The zero-order valence-corrected chi connectivity index (χ0v) is 11.5. The van der Waals surface area contributed by atoms with Gasteiger partial charge in [-0.05, 0) is 35.4 Å². The van der Waals surface area contributed by atoms with Crippen molar-refractivity contribution in [2.75, 3.05) is 11.5 Å². The quantitative estimate of drug-likeness (QED) is 0.701. The standard InChI is InChI=1S/C18H16N2O/c19-15-7-4-8-16(12-15)21-18-11-14(9-10-17(18)20)13-5-2-1-3-6-13/h1-12H,19-20H2. The number of anilines is 2. The first kappa shape index (κ1) is 13.1. The van der Waals surface area contributed by atoms with E-state index in [4.69, 9.17) is 16.2 Å². The molecule has 3 rings (SSSR count). The fourth-order valence-corrected chi connectivity index (χ4v) is 2.14. The number of hydrogen-bond acceptors (Lipinski definition) is 3. The van der Waals surface area contributed by atoms with Crippen LogP contribution in [0.15, 0.2) is 72.8 Å². The minimum atomic E-state index is 0.595. The zero-order valence-electron chi connectivity index (χ0n) is 11.5. The highest BCUT2D eigenvalue weighted by molar-refractivity contribution is 5.70. The highest BCUT2D eigenvalue weighted by Gasteiger charge is 2.06. The second-order valence-corrected chi connectivity index (χ2v) is 4.79. The first-order chi connectivity index (χ1) is 10.2. The van der Waals surface area contributed by atoms with Gasteiger partial charge in [0, 0.05) is 11.8 Å². The monoisotopic (exact) mass is 276 g/mol. The fourth-order valence-electron chi connectivity index (χ4n) is 2.14. The van der Waals surface area contributed by atoms with Crippen molar-refractivity contribution in [3.8, 4) is 22.6 Å². The minimum Gasteiger partial charge on any atom is -0.455 e. The molecule has 3 aromatic rings. The summed E-state index contributed by atoms with van der Waals surface area (Å²) in [5.74, 6) is 1.30. The molecule has 21 heavy (non-hydrogen) atoms. The topological polar surface area (TPSA) is 61.3 Å². The van der Waals surface area contributed by atoms with E-state index in [1.807, 2.05) is 54.6 Å². The average Bonchev–Trinajstić information content (AvgIpc) is 2.50. The number of rotatable bonds is 3. The van der Waals surface area contributed by atoms with Gasteiger partial charge in [0.2, 0.25) is 0 Å². The van der Waals surface area contributed by atoms with E-state index < -0.39 is 0 Å².